The van der Waals surface area contributed by atoms with Gasteiger partial charge < -0.3 is 14.2 Å². The van der Waals surface area contributed by atoms with Crippen molar-refractivity contribution in [2.75, 3.05) is 0 Å². The second-order valence-corrected chi connectivity index (χ2v) is 8.55. The molecule has 0 spiro atoms. The molecular weight excluding hydrogens is 456 g/mol. The van der Waals surface area contributed by atoms with E-state index in [9.17, 15) is 14.4 Å². The van der Waals surface area contributed by atoms with E-state index in [1.807, 2.05) is 61.5 Å². The molecule has 0 unspecified atom stereocenters. The van der Waals surface area contributed by atoms with E-state index in [0.717, 1.165) is 29.5 Å². The van der Waals surface area contributed by atoms with Crippen LogP contribution in [0.4, 0.5) is 0 Å². The zero-order valence-electron chi connectivity index (χ0n) is 20.6. The van der Waals surface area contributed by atoms with Crippen molar-refractivity contribution in [2.24, 2.45) is 5.41 Å². The van der Waals surface area contributed by atoms with Crippen LogP contribution in [-0.2, 0) is 48.4 Å². The minimum atomic E-state index is -2.21. The lowest BCUT2D eigenvalue weighted by Gasteiger charge is -2.27. The largest absolute Gasteiger partial charge is 0.460 e. The molecule has 0 saturated carbocycles. The summed E-state index contributed by atoms with van der Waals surface area (Å²) in [5.74, 6) is -2.88. The Hall–Kier alpha value is -3.93. The van der Waals surface area contributed by atoms with Gasteiger partial charge in [-0.15, -0.1) is 0 Å². The fourth-order valence-corrected chi connectivity index (χ4v) is 3.74. The second kappa shape index (κ2) is 13.8. The van der Waals surface area contributed by atoms with Gasteiger partial charge in [-0.25, -0.2) is 0 Å². The summed E-state index contributed by atoms with van der Waals surface area (Å²) >= 11 is 0. The Balaban J connectivity index is 1.86. The van der Waals surface area contributed by atoms with E-state index in [2.05, 4.69) is 0 Å². The summed E-state index contributed by atoms with van der Waals surface area (Å²) in [7, 11) is 0. The zero-order valence-corrected chi connectivity index (χ0v) is 20.6. The molecule has 0 aromatic heterocycles. The van der Waals surface area contributed by atoms with Crippen molar-refractivity contribution in [2.45, 2.75) is 52.4 Å². The molecule has 0 aliphatic heterocycles. The standard InChI is InChI=1S/C30H32O6/c1-2-3-13-20-30(27(31)34-21-24-14-7-4-8-15-24,28(32)35-22-25-16-9-5-10-17-25)29(33)36-23-26-18-11-6-12-19-26/h4-12,14-19H,2-3,13,20-23H2,1H3. The number of esters is 3. The predicted octanol–water partition coefficient (Wildman–Crippen LogP) is 5.78. The van der Waals surface area contributed by atoms with Gasteiger partial charge in [-0.1, -0.05) is 117 Å². The number of hydrogen-bond donors (Lipinski definition) is 0. The van der Waals surface area contributed by atoms with Crippen LogP contribution in [-0.4, -0.2) is 17.9 Å². The molecule has 0 heterocycles. The summed E-state index contributed by atoms with van der Waals surface area (Å²) in [6.45, 7) is 1.77. The van der Waals surface area contributed by atoms with Gasteiger partial charge in [-0.3, -0.25) is 14.4 Å². The molecule has 6 nitrogen and oxygen atoms in total. The fourth-order valence-electron chi connectivity index (χ4n) is 3.74. The van der Waals surface area contributed by atoms with E-state index in [1.165, 1.54) is 0 Å². The Labute approximate surface area is 212 Å². The molecule has 0 radical (unpaired) electrons. The van der Waals surface area contributed by atoms with Gasteiger partial charge in [0.05, 0.1) is 0 Å². The van der Waals surface area contributed by atoms with Gasteiger partial charge in [0.2, 0.25) is 0 Å². The Morgan fingerprint density at radius 1 is 0.556 bits per heavy atom. The van der Waals surface area contributed by atoms with Crippen molar-refractivity contribution >= 4 is 17.9 Å². The third-order valence-corrected chi connectivity index (χ3v) is 5.84. The number of benzene rings is 3. The molecule has 0 aliphatic rings. The normalized spacial score (nSPS) is 10.9. The molecule has 3 aromatic carbocycles. The molecule has 36 heavy (non-hydrogen) atoms. The van der Waals surface area contributed by atoms with Gasteiger partial charge in [-0.05, 0) is 23.1 Å². The molecule has 3 rings (SSSR count). The topological polar surface area (TPSA) is 78.9 Å². The smallest absolute Gasteiger partial charge is 0.335 e. The summed E-state index contributed by atoms with van der Waals surface area (Å²) in [5, 5.41) is 0. The van der Waals surface area contributed by atoms with Gasteiger partial charge >= 0.3 is 17.9 Å². The maximum Gasteiger partial charge on any atom is 0.335 e. The van der Waals surface area contributed by atoms with Gasteiger partial charge in [0.25, 0.3) is 5.41 Å². The second-order valence-electron chi connectivity index (χ2n) is 8.55. The highest BCUT2D eigenvalue weighted by atomic mass is 16.6. The Kier molecular flexibility index (Phi) is 10.2. The first-order valence-electron chi connectivity index (χ1n) is 12.2. The van der Waals surface area contributed by atoms with Crippen molar-refractivity contribution < 1.29 is 28.6 Å². The van der Waals surface area contributed by atoms with Crippen molar-refractivity contribution in [1.82, 2.24) is 0 Å². The monoisotopic (exact) mass is 488 g/mol. The molecule has 188 valence electrons. The van der Waals surface area contributed by atoms with E-state index in [4.69, 9.17) is 14.2 Å². The van der Waals surface area contributed by atoms with Crippen LogP contribution in [0.15, 0.2) is 91.0 Å². The molecule has 0 fully saturated rings. The molecule has 0 aliphatic carbocycles. The maximum absolute atomic E-state index is 13.5. The number of carbonyl (C=O) groups is 3. The fraction of sp³-hybridized carbons (Fsp3) is 0.300. The van der Waals surface area contributed by atoms with E-state index in [-0.39, 0.29) is 26.2 Å². The summed E-state index contributed by atoms with van der Waals surface area (Å²) < 4.78 is 16.6. The highest BCUT2D eigenvalue weighted by molar-refractivity contribution is 6.17. The number of unbranched alkanes of at least 4 members (excludes halogenated alkanes) is 2. The summed E-state index contributed by atoms with van der Waals surface area (Å²) in [4.78, 5) is 40.5. The molecular formula is C30H32O6. The Bertz CT molecular complexity index is 961. The average molecular weight is 489 g/mol. The molecule has 6 heteroatoms. The van der Waals surface area contributed by atoms with Crippen LogP contribution in [0.3, 0.4) is 0 Å². The highest BCUT2D eigenvalue weighted by Gasteiger charge is 2.57. The highest BCUT2D eigenvalue weighted by Crippen LogP contribution is 2.32. The minimum Gasteiger partial charge on any atom is -0.460 e. The number of ether oxygens (including phenoxy) is 3. The van der Waals surface area contributed by atoms with E-state index < -0.39 is 23.3 Å². The maximum atomic E-state index is 13.5. The van der Waals surface area contributed by atoms with Crippen LogP contribution < -0.4 is 0 Å². The van der Waals surface area contributed by atoms with Crippen molar-refractivity contribution in [3.8, 4) is 0 Å². The van der Waals surface area contributed by atoms with Crippen LogP contribution in [0.25, 0.3) is 0 Å². The minimum absolute atomic E-state index is 0.0598. The lowest BCUT2D eigenvalue weighted by atomic mass is 9.82. The molecule has 0 atom stereocenters. The van der Waals surface area contributed by atoms with Gasteiger partial charge in [0, 0.05) is 0 Å². The molecule has 0 N–H and O–H groups in total. The van der Waals surface area contributed by atoms with Gasteiger partial charge in [0.1, 0.15) is 19.8 Å². The van der Waals surface area contributed by atoms with Gasteiger partial charge in [0.15, 0.2) is 0 Å². The van der Waals surface area contributed by atoms with Gasteiger partial charge in [-0.2, -0.15) is 0 Å². The van der Waals surface area contributed by atoms with Crippen LogP contribution >= 0.6 is 0 Å². The first-order valence-corrected chi connectivity index (χ1v) is 12.2. The summed E-state index contributed by atoms with van der Waals surface area (Å²) in [5.41, 5.74) is 0.00360. The van der Waals surface area contributed by atoms with Crippen molar-refractivity contribution in [3.63, 3.8) is 0 Å². The quantitative estimate of drug-likeness (QED) is 0.131. The van der Waals surface area contributed by atoms with Crippen LogP contribution in [0.2, 0.25) is 0 Å². The van der Waals surface area contributed by atoms with Crippen LogP contribution in [0, 0.1) is 5.41 Å². The average Bonchev–Trinajstić information content (AvgIpc) is 2.93. The van der Waals surface area contributed by atoms with Crippen molar-refractivity contribution in [1.29, 1.82) is 0 Å². The van der Waals surface area contributed by atoms with Crippen LogP contribution in [0.1, 0.15) is 49.3 Å². The lowest BCUT2D eigenvalue weighted by Crippen LogP contribution is -2.49. The number of hydrogen-bond acceptors (Lipinski definition) is 6. The predicted molar refractivity (Wildman–Crippen MR) is 135 cm³/mol. The molecule has 0 amide bonds. The zero-order chi connectivity index (χ0) is 25.6. The Morgan fingerprint density at radius 2 is 0.889 bits per heavy atom. The molecule has 0 bridgehead atoms. The SMILES string of the molecule is CCCCCC(C(=O)OCc1ccccc1)(C(=O)OCc1ccccc1)C(=O)OCc1ccccc1. The van der Waals surface area contributed by atoms with E-state index in [1.54, 1.807) is 36.4 Å². The summed E-state index contributed by atoms with van der Waals surface area (Å²) in [6, 6.07) is 27.3. The number of rotatable bonds is 13. The molecule has 3 aromatic rings. The first-order chi connectivity index (χ1) is 17.6. The first kappa shape index (κ1) is 26.7. The summed E-state index contributed by atoms with van der Waals surface area (Å²) in [6.07, 6.45) is 1.96. The lowest BCUT2D eigenvalue weighted by molar-refractivity contribution is -0.187. The number of carbonyl (C=O) groups excluding carboxylic acids is 3. The van der Waals surface area contributed by atoms with Crippen molar-refractivity contribution in [3.05, 3.63) is 108 Å². The Morgan fingerprint density at radius 3 is 1.19 bits per heavy atom. The van der Waals surface area contributed by atoms with E-state index >= 15 is 0 Å². The van der Waals surface area contributed by atoms with Crippen LogP contribution in [0.5, 0.6) is 0 Å². The third-order valence-electron chi connectivity index (χ3n) is 5.84. The van der Waals surface area contributed by atoms with E-state index in [0.29, 0.717) is 6.42 Å². The third kappa shape index (κ3) is 7.28. The molecule has 0 saturated heterocycles.